The highest BCUT2D eigenvalue weighted by atomic mass is 16.6. The number of ether oxygens (including phenoxy) is 1. The molecule has 0 saturated carbocycles. The number of rotatable bonds is 5. The Hall–Kier alpha value is -2.94. The highest BCUT2D eigenvalue weighted by Crippen LogP contribution is 2.04. The fraction of sp³-hybridized carbons (Fsp3) is 0.167. The van der Waals surface area contributed by atoms with Crippen molar-refractivity contribution in [2.75, 3.05) is 11.9 Å². The first-order chi connectivity index (χ1) is 10.1. The third-order valence-electron chi connectivity index (χ3n) is 2.42. The minimum atomic E-state index is -1.28. The topological polar surface area (TPSA) is 132 Å². The van der Waals surface area contributed by atoms with Crippen LogP contribution < -0.4 is 15.7 Å². The lowest BCUT2D eigenvalue weighted by Crippen LogP contribution is -2.36. The average molecular weight is 293 g/mol. The molecule has 0 unspecified atom stereocenters. The van der Waals surface area contributed by atoms with Crippen LogP contribution in [0.25, 0.3) is 5.69 Å². The van der Waals surface area contributed by atoms with Crippen LogP contribution in [0.5, 0.6) is 0 Å². The van der Waals surface area contributed by atoms with Gasteiger partial charge in [-0.15, -0.1) is 0 Å². The molecular weight excluding hydrogens is 280 g/mol. The number of anilines is 1. The zero-order chi connectivity index (χ0) is 15.2. The quantitative estimate of drug-likeness (QED) is 0.656. The third-order valence-corrected chi connectivity index (χ3v) is 2.42. The van der Waals surface area contributed by atoms with Crippen molar-refractivity contribution in [1.29, 1.82) is 0 Å². The van der Waals surface area contributed by atoms with Crippen molar-refractivity contribution in [2.45, 2.75) is 6.04 Å². The van der Waals surface area contributed by atoms with Crippen LogP contribution in [0, 0.1) is 0 Å². The van der Waals surface area contributed by atoms with Crippen LogP contribution in [-0.4, -0.2) is 35.1 Å². The summed E-state index contributed by atoms with van der Waals surface area (Å²) >= 11 is 0. The molecule has 1 atom stereocenters. The molecule has 9 nitrogen and oxygen atoms in total. The lowest BCUT2D eigenvalue weighted by atomic mass is 10.3. The monoisotopic (exact) mass is 293 g/mol. The zero-order valence-electron chi connectivity index (χ0n) is 10.8. The molecule has 0 aliphatic rings. The molecule has 0 fully saturated rings. The molecule has 9 heteroatoms. The predicted molar refractivity (Wildman–Crippen MR) is 68.6 cm³/mol. The van der Waals surface area contributed by atoms with Crippen LogP contribution in [0.4, 0.5) is 10.7 Å². The first kappa shape index (κ1) is 14.5. The van der Waals surface area contributed by atoms with E-state index < -0.39 is 24.7 Å². The summed E-state index contributed by atoms with van der Waals surface area (Å²) < 4.78 is 10.9. The Morgan fingerprint density at radius 3 is 2.81 bits per heavy atom. The van der Waals surface area contributed by atoms with E-state index in [0.29, 0.717) is 0 Å². The van der Waals surface area contributed by atoms with Gasteiger partial charge in [0, 0.05) is 12.1 Å². The van der Waals surface area contributed by atoms with Crippen molar-refractivity contribution in [2.24, 2.45) is 5.73 Å². The number of carbonyl (C=O) groups excluding carboxylic acids is 1. The highest BCUT2D eigenvalue weighted by Gasteiger charge is 2.18. The Kier molecular flexibility index (Phi) is 4.46. The first-order valence-electron chi connectivity index (χ1n) is 5.92. The predicted octanol–water partition coefficient (Wildman–Crippen LogP) is -0.0883. The number of carboxylic acids is 1. The normalized spacial score (nSPS) is 11.7. The van der Waals surface area contributed by atoms with E-state index >= 15 is 0 Å². The molecule has 110 valence electrons. The van der Waals surface area contributed by atoms with Crippen molar-refractivity contribution in [3.63, 3.8) is 0 Å². The van der Waals surface area contributed by atoms with Gasteiger partial charge in [-0.05, 0) is 4.68 Å². The van der Waals surface area contributed by atoms with E-state index in [4.69, 9.17) is 15.4 Å². The number of nitrogens with zero attached hydrogens (tertiary/aromatic N) is 2. The first-order valence-corrected chi connectivity index (χ1v) is 5.92. The summed E-state index contributed by atoms with van der Waals surface area (Å²) in [6.07, 6.45) is 0.552. The number of nitrogens with two attached hydrogens (primary N) is 1. The van der Waals surface area contributed by atoms with Crippen LogP contribution in [0.3, 0.4) is 0 Å². The lowest BCUT2D eigenvalue weighted by molar-refractivity contribution is -0.670. The smallest absolute Gasteiger partial charge is 0.414 e. The molecule has 0 aliphatic carbocycles. The van der Waals surface area contributed by atoms with Gasteiger partial charge in [0.1, 0.15) is 12.6 Å². The van der Waals surface area contributed by atoms with Gasteiger partial charge in [-0.1, -0.05) is 18.2 Å². The Bertz CT molecular complexity index is 628. The maximum Gasteiger partial charge on any atom is 0.414 e. The van der Waals surface area contributed by atoms with Gasteiger partial charge in [-0.2, -0.15) is 0 Å². The summed E-state index contributed by atoms with van der Waals surface area (Å²) in [6, 6.07) is 7.83. The average Bonchev–Trinajstić information content (AvgIpc) is 2.94. The molecule has 21 heavy (non-hydrogen) atoms. The third kappa shape index (κ3) is 4.01. The van der Waals surface area contributed by atoms with E-state index in [-0.39, 0.29) is 5.88 Å². The summed E-state index contributed by atoms with van der Waals surface area (Å²) in [6.45, 7) is -0.450. The van der Waals surface area contributed by atoms with Gasteiger partial charge in [-0.25, -0.2) is 4.79 Å². The molecule has 0 bridgehead atoms. The number of aromatic nitrogens is 2. The molecule has 0 radical (unpaired) electrons. The summed E-state index contributed by atoms with van der Waals surface area (Å²) in [5, 5.41) is 14.5. The minimum absolute atomic E-state index is 0.0488. The summed E-state index contributed by atoms with van der Waals surface area (Å²) in [5.41, 5.74) is 5.94. The number of carboxylic acid groups (broad SMARTS) is 1. The van der Waals surface area contributed by atoms with Crippen molar-refractivity contribution in [1.82, 2.24) is 5.27 Å². The minimum Gasteiger partial charge on any atom is -0.480 e. The molecule has 0 spiro atoms. The zero-order valence-corrected chi connectivity index (χ0v) is 10.8. The highest BCUT2D eigenvalue weighted by molar-refractivity contribution is 5.82. The maximum absolute atomic E-state index is 11.4. The van der Waals surface area contributed by atoms with Crippen molar-refractivity contribution in [3.05, 3.63) is 36.5 Å². The molecular formula is C12H13N4O5+. The summed E-state index contributed by atoms with van der Waals surface area (Å²) in [7, 11) is 0. The van der Waals surface area contributed by atoms with Crippen molar-refractivity contribution < 1.29 is 28.6 Å². The molecule has 1 heterocycles. The number of para-hydroxylation sites is 1. The largest absolute Gasteiger partial charge is 0.480 e. The van der Waals surface area contributed by atoms with Crippen LogP contribution in [0.15, 0.2) is 41.1 Å². The number of aliphatic carboxylic acids is 1. The number of benzene rings is 1. The van der Waals surface area contributed by atoms with E-state index in [2.05, 4.69) is 15.3 Å². The van der Waals surface area contributed by atoms with E-state index in [1.807, 2.05) is 18.2 Å². The number of hydrogen-bond donors (Lipinski definition) is 3. The molecule has 0 aliphatic heterocycles. The Morgan fingerprint density at radius 2 is 2.14 bits per heavy atom. The van der Waals surface area contributed by atoms with Crippen molar-refractivity contribution >= 4 is 17.9 Å². The fourth-order valence-corrected chi connectivity index (χ4v) is 1.38. The molecule has 2 aromatic rings. The molecule has 1 aromatic heterocycles. The molecule has 0 saturated heterocycles. The second-order valence-electron chi connectivity index (χ2n) is 4.01. The second kappa shape index (κ2) is 6.48. The van der Waals surface area contributed by atoms with Crippen LogP contribution in [0.1, 0.15) is 0 Å². The molecule has 1 amide bonds. The van der Waals surface area contributed by atoms with E-state index in [1.54, 1.807) is 12.1 Å². The van der Waals surface area contributed by atoms with Gasteiger partial charge in [0.2, 0.25) is 11.0 Å². The summed E-state index contributed by atoms with van der Waals surface area (Å²) in [5.74, 6) is -1.21. The van der Waals surface area contributed by atoms with Gasteiger partial charge in [0.25, 0.3) is 6.20 Å². The molecule has 2 rings (SSSR count). The van der Waals surface area contributed by atoms with E-state index in [9.17, 15) is 9.59 Å². The van der Waals surface area contributed by atoms with Crippen LogP contribution in [0.2, 0.25) is 0 Å². The van der Waals surface area contributed by atoms with Gasteiger partial charge in [0.15, 0.2) is 0 Å². The second-order valence-corrected chi connectivity index (χ2v) is 4.01. The van der Waals surface area contributed by atoms with E-state index in [0.717, 1.165) is 5.69 Å². The van der Waals surface area contributed by atoms with Gasteiger partial charge >= 0.3 is 17.9 Å². The number of nitrogens with one attached hydrogen (secondary N) is 1. The van der Waals surface area contributed by atoms with Crippen molar-refractivity contribution in [3.8, 4) is 5.69 Å². The summed E-state index contributed by atoms with van der Waals surface area (Å²) in [4.78, 5) is 21.9. The van der Waals surface area contributed by atoms with Gasteiger partial charge in [-0.3, -0.25) is 14.6 Å². The van der Waals surface area contributed by atoms with Crippen LogP contribution >= 0.6 is 0 Å². The number of hydrogen-bond acceptors (Lipinski definition) is 6. The Morgan fingerprint density at radius 1 is 1.43 bits per heavy atom. The standard InChI is InChI=1S/C12H12N4O5/c13-9(11(17)18)7-20-12(19)14-10-6-16(15-21-10)8-4-2-1-3-5-8/h1-6,9H,7,13H2,(H-,14,15,17,18,19)/p+1/t9-/m0/s1. The van der Waals surface area contributed by atoms with Gasteiger partial charge < -0.3 is 15.6 Å². The van der Waals surface area contributed by atoms with E-state index in [1.165, 1.54) is 10.9 Å². The van der Waals surface area contributed by atoms with Gasteiger partial charge in [0.05, 0.1) is 0 Å². The Labute approximate surface area is 118 Å². The fourth-order valence-electron chi connectivity index (χ4n) is 1.38. The molecule has 4 N–H and O–H groups in total. The SMILES string of the molecule is N[C@@H](COC(=O)Nc1c[n+](-c2ccccc2)no1)C(=O)O. The maximum atomic E-state index is 11.4. The lowest BCUT2D eigenvalue weighted by Gasteiger charge is -2.06. The number of amides is 1. The molecule has 1 aromatic carbocycles. The van der Waals surface area contributed by atoms with Crippen LogP contribution in [-0.2, 0) is 9.53 Å². The Balaban J connectivity index is 1.91. The number of carbonyl (C=O) groups is 2.